The lowest BCUT2D eigenvalue weighted by molar-refractivity contribution is -0.137. The molecule has 0 aromatic carbocycles. The number of ether oxygens (including phenoxy) is 1. The maximum Gasteiger partial charge on any atom is 0.417 e. The number of halogens is 3. The number of fused-ring (bicyclic) bond motifs is 1. The zero-order chi connectivity index (χ0) is 26.7. The van der Waals surface area contributed by atoms with Gasteiger partial charge in [-0.2, -0.15) is 13.2 Å². The Kier molecular flexibility index (Phi) is 10.2. The number of allylic oxidation sites excluding steroid dienone is 2. The molecule has 1 aromatic heterocycles. The molecular weight excluding hydrogens is 477 g/mol. The second kappa shape index (κ2) is 12.2. The van der Waals surface area contributed by atoms with Crippen LogP contribution in [0.25, 0.3) is 5.70 Å². The lowest BCUT2D eigenvalue weighted by atomic mass is 9.51. The van der Waals surface area contributed by atoms with Gasteiger partial charge in [0.15, 0.2) is 0 Å². The van der Waals surface area contributed by atoms with Gasteiger partial charge in [0.25, 0.3) is 0 Å². The normalized spacial score (nSPS) is 25.9. The minimum atomic E-state index is -4.49. The Morgan fingerprint density at radius 2 is 1.73 bits per heavy atom. The lowest BCUT2D eigenvalue weighted by Crippen LogP contribution is -2.57. The molecule has 3 heterocycles. The van der Waals surface area contributed by atoms with Crippen molar-refractivity contribution in [2.24, 2.45) is 35.0 Å². The van der Waals surface area contributed by atoms with Crippen molar-refractivity contribution in [3.05, 3.63) is 47.6 Å². The number of nitrogens with two attached hydrogens (primary N) is 3. The predicted molar refractivity (Wildman–Crippen MR) is 144 cm³/mol. The van der Waals surface area contributed by atoms with Crippen molar-refractivity contribution < 1.29 is 17.9 Å². The molecule has 11 heteroatoms. The molecule has 0 spiro atoms. The monoisotopic (exact) mass is 517 g/mol. The highest BCUT2D eigenvalue weighted by Crippen LogP contribution is 2.43. The summed E-state index contributed by atoms with van der Waals surface area (Å²) in [6.45, 7) is 7.29. The van der Waals surface area contributed by atoms with Gasteiger partial charge in [0.05, 0.1) is 32.7 Å². The minimum absolute atomic E-state index is 0. The van der Waals surface area contributed by atoms with Crippen molar-refractivity contribution in [2.75, 3.05) is 19.7 Å². The number of alkyl halides is 3. The second-order valence-electron chi connectivity index (χ2n) is 10.7. The molecule has 6 N–H and O–H groups in total. The van der Waals surface area contributed by atoms with E-state index in [0.29, 0.717) is 5.92 Å². The Morgan fingerprint density at radius 1 is 1.11 bits per heavy atom. The number of nitrogens with zero attached hydrogens (tertiary/aromatic N) is 2. The van der Waals surface area contributed by atoms with E-state index < -0.39 is 17.1 Å². The summed E-state index contributed by atoms with van der Waals surface area (Å²) in [7, 11) is 13.1. The second-order valence-corrected chi connectivity index (χ2v) is 10.7. The fourth-order valence-electron chi connectivity index (χ4n) is 5.58. The van der Waals surface area contributed by atoms with Gasteiger partial charge in [-0.05, 0) is 75.5 Å². The summed E-state index contributed by atoms with van der Waals surface area (Å²) < 4.78 is 43.7. The topological polar surface area (TPSA) is 103 Å². The van der Waals surface area contributed by atoms with Crippen molar-refractivity contribution in [2.45, 2.75) is 70.5 Å². The van der Waals surface area contributed by atoms with Crippen LogP contribution in [0.4, 0.5) is 13.2 Å². The Hall–Kier alpha value is -2.13. The van der Waals surface area contributed by atoms with Crippen LogP contribution in [-0.4, -0.2) is 56.2 Å². The highest BCUT2D eigenvalue weighted by molar-refractivity contribution is 6.40. The van der Waals surface area contributed by atoms with E-state index in [0.717, 1.165) is 62.8 Å². The average molecular weight is 517 g/mol. The van der Waals surface area contributed by atoms with Crippen molar-refractivity contribution in [1.29, 1.82) is 0 Å². The fraction of sp³-hybridized carbons (Fsp3) is 0.654. The zero-order valence-corrected chi connectivity index (χ0v) is 21.1. The van der Waals surface area contributed by atoms with E-state index in [2.05, 4.69) is 23.7 Å². The first-order valence-electron chi connectivity index (χ1n) is 12.4. The molecule has 1 aromatic rings. The highest BCUT2D eigenvalue weighted by Gasteiger charge is 2.45. The van der Waals surface area contributed by atoms with Gasteiger partial charge < -0.3 is 26.8 Å². The number of hydrogen-bond acceptors (Lipinski definition) is 6. The van der Waals surface area contributed by atoms with Gasteiger partial charge in [-0.1, -0.05) is 19.2 Å². The van der Waals surface area contributed by atoms with Crippen LogP contribution in [0.15, 0.2) is 36.4 Å². The quantitative estimate of drug-likeness (QED) is 0.416. The molecule has 0 bridgehead atoms. The zero-order valence-electron chi connectivity index (χ0n) is 21.1. The smallest absolute Gasteiger partial charge is 0.398 e. The van der Waals surface area contributed by atoms with Gasteiger partial charge in [-0.25, -0.2) is 0 Å². The molecule has 6 nitrogen and oxygen atoms in total. The number of aromatic nitrogens is 1. The molecule has 1 saturated carbocycles. The first-order chi connectivity index (χ1) is 16.7. The standard InChI is InChI=1S/C15H25B2NO.C10H11F3N4.CH4/c1-14(2)8-13(6-7-19-14)15(16,17)18-9-11-4-3-5-12(11)10-18;11-10(12,13)7-3-4-17-5-6(7)8(14)1-2-9(15)16;/h11-13H,3-10H2,1-2H3;1-5H,14-16H2;1H4/b;8-1-;. The molecule has 2 aliphatic heterocycles. The Balaban J connectivity index is 0.000000255. The van der Waals surface area contributed by atoms with Crippen LogP contribution >= 0.6 is 0 Å². The summed E-state index contributed by atoms with van der Waals surface area (Å²) in [6.07, 6.45) is 6.09. The molecule has 4 radical (unpaired) electrons. The third-order valence-electron chi connectivity index (χ3n) is 7.52. The van der Waals surface area contributed by atoms with Gasteiger partial charge in [0.1, 0.15) is 0 Å². The summed E-state index contributed by atoms with van der Waals surface area (Å²) in [5.74, 6) is 1.99. The fourth-order valence-corrected chi connectivity index (χ4v) is 5.58. The predicted octanol–water partition coefficient (Wildman–Crippen LogP) is 3.71. The SMILES string of the molecule is C.NC(N)=C/C=C(\N)c1cnccc1C(F)(F)F.[B]C([B])(C1CCOC(C)(C)C1)N1CC2CCCC2C1. The van der Waals surface area contributed by atoms with E-state index in [4.69, 9.17) is 37.6 Å². The van der Waals surface area contributed by atoms with Gasteiger partial charge in [-0.3, -0.25) is 4.98 Å². The Morgan fingerprint density at radius 3 is 2.27 bits per heavy atom. The van der Waals surface area contributed by atoms with E-state index in [9.17, 15) is 13.2 Å². The number of likely N-dealkylation sites (tertiary alicyclic amines) is 1. The van der Waals surface area contributed by atoms with Gasteiger partial charge >= 0.3 is 6.18 Å². The van der Waals surface area contributed by atoms with E-state index in [-0.39, 0.29) is 30.1 Å². The van der Waals surface area contributed by atoms with Crippen LogP contribution in [0.3, 0.4) is 0 Å². The number of hydrogen-bond donors (Lipinski definition) is 3. The third kappa shape index (κ3) is 7.93. The van der Waals surface area contributed by atoms with E-state index in [1.807, 2.05) is 0 Å². The Labute approximate surface area is 222 Å². The maximum absolute atomic E-state index is 12.6. The molecular formula is C26H40B2F3N5O. The van der Waals surface area contributed by atoms with Crippen LogP contribution in [0, 0.1) is 17.8 Å². The van der Waals surface area contributed by atoms with Crippen molar-refractivity contribution >= 4 is 21.4 Å². The van der Waals surface area contributed by atoms with Gasteiger partial charge in [0.2, 0.25) is 0 Å². The van der Waals surface area contributed by atoms with Crippen LogP contribution in [-0.2, 0) is 10.9 Å². The molecule has 0 amide bonds. The first-order valence-corrected chi connectivity index (χ1v) is 12.4. The largest absolute Gasteiger partial charge is 0.417 e. The molecule has 37 heavy (non-hydrogen) atoms. The summed E-state index contributed by atoms with van der Waals surface area (Å²) in [5, 5.41) is -0.647. The van der Waals surface area contributed by atoms with Crippen LogP contribution in [0.5, 0.6) is 0 Å². The van der Waals surface area contributed by atoms with Crippen molar-refractivity contribution in [1.82, 2.24) is 9.88 Å². The van der Waals surface area contributed by atoms with E-state index >= 15 is 0 Å². The lowest BCUT2D eigenvalue weighted by Gasteiger charge is -2.49. The van der Waals surface area contributed by atoms with Crippen LogP contribution in [0.2, 0.25) is 0 Å². The average Bonchev–Trinajstić information content (AvgIpc) is 3.40. The maximum atomic E-state index is 12.6. The molecule has 2 saturated heterocycles. The molecule has 3 unspecified atom stereocenters. The number of pyridine rings is 1. The third-order valence-corrected chi connectivity index (χ3v) is 7.52. The highest BCUT2D eigenvalue weighted by atomic mass is 19.4. The molecule has 3 atom stereocenters. The summed E-state index contributed by atoms with van der Waals surface area (Å²) in [6, 6.07) is 0.853. The minimum Gasteiger partial charge on any atom is -0.398 e. The Bertz CT molecular complexity index is 952. The molecule has 3 fully saturated rings. The van der Waals surface area contributed by atoms with Gasteiger partial charge in [-0.15, -0.1) is 0 Å². The molecule has 3 aliphatic rings. The van der Waals surface area contributed by atoms with E-state index in [1.165, 1.54) is 31.4 Å². The molecule has 1 aliphatic carbocycles. The van der Waals surface area contributed by atoms with Gasteiger partial charge in [0, 0.05) is 43.4 Å². The van der Waals surface area contributed by atoms with Crippen LogP contribution < -0.4 is 17.2 Å². The van der Waals surface area contributed by atoms with E-state index in [1.54, 1.807) is 0 Å². The van der Waals surface area contributed by atoms with Crippen molar-refractivity contribution in [3.63, 3.8) is 0 Å². The summed E-state index contributed by atoms with van der Waals surface area (Å²) >= 11 is 0. The summed E-state index contributed by atoms with van der Waals surface area (Å²) in [4.78, 5) is 5.97. The number of rotatable bonds is 4. The molecule has 202 valence electrons. The van der Waals surface area contributed by atoms with Crippen LogP contribution in [0.1, 0.15) is 64.5 Å². The summed E-state index contributed by atoms with van der Waals surface area (Å²) in [5.41, 5.74) is 14.5. The van der Waals surface area contributed by atoms with Crippen molar-refractivity contribution in [3.8, 4) is 0 Å². The molecule has 4 rings (SSSR count). The first kappa shape index (κ1) is 31.1.